The summed E-state index contributed by atoms with van der Waals surface area (Å²) in [6.45, 7) is 4.15. The van der Waals surface area contributed by atoms with Gasteiger partial charge in [0.2, 0.25) is 0 Å². The van der Waals surface area contributed by atoms with E-state index in [1.165, 1.54) is 29.1 Å². The van der Waals surface area contributed by atoms with Crippen LogP contribution >= 0.6 is 11.3 Å². The second kappa shape index (κ2) is 7.60. The number of thiazole rings is 1. The Balaban J connectivity index is 1.38. The van der Waals surface area contributed by atoms with Crippen LogP contribution in [0.2, 0.25) is 0 Å². The van der Waals surface area contributed by atoms with E-state index < -0.39 is 0 Å². The first kappa shape index (κ1) is 16.6. The van der Waals surface area contributed by atoms with E-state index in [4.69, 9.17) is 4.98 Å². The zero-order chi connectivity index (χ0) is 17.1. The van der Waals surface area contributed by atoms with E-state index in [1.807, 2.05) is 23.6 Å². The molecule has 3 heterocycles. The van der Waals surface area contributed by atoms with Crippen LogP contribution in [0, 0.1) is 0 Å². The first-order chi connectivity index (χ1) is 12.3. The van der Waals surface area contributed by atoms with Crippen molar-refractivity contribution in [2.45, 2.75) is 32.0 Å². The zero-order valence-corrected chi connectivity index (χ0v) is 15.5. The topological polar surface area (TPSA) is 32.3 Å². The molecule has 1 fully saturated rings. The molecule has 4 nitrogen and oxygen atoms in total. The normalized spacial score (nSPS) is 18.4. The highest BCUT2D eigenvalue weighted by Crippen LogP contribution is 2.26. The minimum absolute atomic E-state index is 0.612. The highest BCUT2D eigenvalue weighted by molar-refractivity contribution is 7.18. The number of fused-ring (bicyclic) bond motifs is 1. The molecule has 1 aromatic carbocycles. The van der Waals surface area contributed by atoms with Gasteiger partial charge in [-0.15, -0.1) is 11.3 Å². The number of rotatable bonds is 6. The minimum atomic E-state index is 0.612. The minimum Gasteiger partial charge on any atom is -0.299 e. The summed E-state index contributed by atoms with van der Waals surface area (Å²) in [6, 6.07) is 15.2. The SMILES string of the molecule is CN(Cc1ccccn1)C[C@@H]1CCCN1Cc1nc2ccccc2s1. The Morgan fingerprint density at radius 1 is 1.20 bits per heavy atom. The monoisotopic (exact) mass is 352 g/mol. The maximum atomic E-state index is 4.81. The molecule has 1 aliphatic rings. The van der Waals surface area contributed by atoms with Crippen LogP contribution in [0.3, 0.4) is 0 Å². The number of nitrogens with zero attached hydrogens (tertiary/aromatic N) is 4. The van der Waals surface area contributed by atoms with Crippen LogP contribution in [0.4, 0.5) is 0 Å². The Kier molecular flexibility index (Phi) is 5.06. The average Bonchev–Trinajstić information content (AvgIpc) is 3.22. The van der Waals surface area contributed by atoms with Crippen LogP contribution in [0.1, 0.15) is 23.5 Å². The number of likely N-dealkylation sites (N-methyl/N-ethyl adjacent to an activating group) is 1. The third-order valence-electron chi connectivity index (χ3n) is 4.86. The summed E-state index contributed by atoms with van der Waals surface area (Å²) in [4.78, 5) is 14.2. The Morgan fingerprint density at radius 3 is 2.92 bits per heavy atom. The van der Waals surface area contributed by atoms with E-state index >= 15 is 0 Å². The summed E-state index contributed by atoms with van der Waals surface area (Å²) in [5, 5.41) is 1.24. The van der Waals surface area contributed by atoms with Crippen molar-refractivity contribution in [3.05, 3.63) is 59.4 Å². The summed E-state index contributed by atoms with van der Waals surface area (Å²) < 4.78 is 1.29. The number of hydrogen-bond donors (Lipinski definition) is 0. The van der Waals surface area contributed by atoms with Gasteiger partial charge >= 0.3 is 0 Å². The molecular formula is C20H24N4S. The molecule has 3 aromatic rings. The van der Waals surface area contributed by atoms with Gasteiger partial charge in [0.1, 0.15) is 5.01 Å². The molecule has 130 valence electrons. The van der Waals surface area contributed by atoms with Gasteiger partial charge < -0.3 is 0 Å². The van der Waals surface area contributed by atoms with Gasteiger partial charge in [0.15, 0.2) is 0 Å². The number of benzene rings is 1. The highest BCUT2D eigenvalue weighted by Gasteiger charge is 2.26. The third kappa shape index (κ3) is 4.06. The standard InChI is InChI=1S/C20H24N4S/c1-23(13-16-7-4-5-11-21-16)14-17-8-6-12-24(17)15-20-22-18-9-2-3-10-19(18)25-20/h2-5,7,9-11,17H,6,8,12-15H2,1H3/t17-/m0/s1. The van der Waals surface area contributed by atoms with Crippen molar-refractivity contribution >= 4 is 21.6 Å². The van der Waals surface area contributed by atoms with E-state index in [9.17, 15) is 0 Å². The van der Waals surface area contributed by atoms with Crippen LogP contribution in [-0.2, 0) is 13.1 Å². The van der Waals surface area contributed by atoms with E-state index in [-0.39, 0.29) is 0 Å². The first-order valence-corrected chi connectivity index (χ1v) is 9.76. The van der Waals surface area contributed by atoms with Crippen LogP contribution < -0.4 is 0 Å². The molecule has 0 unspecified atom stereocenters. The van der Waals surface area contributed by atoms with Crippen molar-refractivity contribution in [3.63, 3.8) is 0 Å². The Bertz CT molecular complexity index is 784. The molecule has 0 N–H and O–H groups in total. The lowest BCUT2D eigenvalue weighted by atomic mass is 10.2. The second-order valence-corrected chi connectivity index (χ2v) is 7.97. The van der Waals surface area contributed by atoms with Crippen LogP contribution in [-0.4, -0.2) is 45.9 Å². The molecular weight excluding hydrogens is 328 g/mol. The van der Waals surface area contributed by atoms with Gasteiger partial charge in [-0.1, -0.05) is 18.2 Å². The van der Waals surface area contributed by atoms with E-state index in [1.54, 1.807) is 0 Å². The summed E-state index contributed by atoms with van der Waals surface area (Å²) in [5.74, 6) is 0. The molecule has 0 aliphatic carbocycles. The molecule has 0 saturated carbocycles. The molecule has 1 saturated heterocycles. The smallest absolute Gasteiger partial charge is 0.108 e. The zero-order valence-electron chi connectivity index (χ0n) is 14.6. The maximum Gasteiger partial charge on any atom is 0.108 e. The molecule has 2 aromatic heterocycles. The highest BCUT2D eigenvalue weighted by atomic mass is 32.1. The number of para-hydroxylation sites is 1. The molecule has 4 rings (SSSR count). The number of hydrogen-bond acceptors (Lipinski definition) is 5. The lowest BCUT2D eigenvalue weighted by Gasteiger charge is -2.28. The van der Waals surface area contributed by atoms with Crippen LogP contribution in [0.5, 0.6) is 0 Å². The van der Waals surface area contributed by atoms with Crippen molar-refractivity contribution in [1.29, 1.82) is 0 Å². The Hall–Kier alpha value is -1.82. The first-order valence-electron chi connectivity index (χ1n) is 8.95. The predicted molar refractivity (Wildman–Crippen MR) is 104 cm³/mol. The van der Waals surface area contributed by atoms with Gasteiger partial charge in [0, 0.05) is 25.3 Å². The van der Waals surface area contributed by atoms with E-state index in [0.29, 0.717) is 6.04 Å². The Morgan fingerprint density at radius 2 is 2.08 bits per heavy atom. The van der Waals surface area contributed by atoms with Crippen LogP contribution in [0.25, 0.3) is 10.2 Å². The third-order valence-corrected chi connectivity index (χ3v) is 5.88. The molecule has 5 heteroatoms. The maximum absolute atomic E-state index is 4.81. The lowest BCUT2D eigenvalue weighted by Crippen LogP contribution is -2.38. The molecule has 0 spiro atoms. The summed E-state index contributed by atoms with van der Waals surface area (Å²) in [5.41, 5.74) is 2.27. The molecule has 1 aliphatic heterocycles. The fourth-order valence-electron chi connectivity index (χ4n) is 3.66. The van der Waals surface area contributed by atoms with Crippen molar-refractivity contribution in [2.75, 3.05) is 20.1 Å². The lowest BCUT2D eigenvalue weighted by molar-refractivity contribution is 0.181. The summed E-state index contributed by atoms with van der Waals surface area (Å²) in [6.07, 6.45) is 4.43. The van der Waals surface area contributed by atoms with Gasteiger partial charge in [-0.05, 0) is 50.7 Å². The quantitative estimate of drug-likeness (QED) is 0.676. The van der Waals surface area contributed by atoms with Crippen molar-refractivity contribution in [3.8, 4) is 0 Å². The van der Waals surface area contributed by atoms with E-state index in [2.05, 4.69) is 58.2 Å². The van der Waals surface area contributed by atoms with Gasteiger partial charge in [-0.2, -0.15) is 0 Å². The van der Waals surface area contributed by atoms with Gasteiger partial charge in [-0.3, -0.25) is 14.8 Å². The van der Waals surface area contributed by atoms with Gasteiger partial charge in [-0.25, -0.2) is 4.98 Å². The fourth-order valence-corrected chi connectivity index (χ4v) is 4.66. The van der Waals surface area contributed by atoms with Crippen LogP contribution in [0.15, 0.2) is 48.7 Å². The fraction of sp³-hybridized carbons (Fsp3) is 0.400. The van der Waals surface area contributed by atoms with Gasteiger partial charge in [0.05, 0.1) is 22.5 Å². The second-order valence-electron chi connectivity index (χ2n) is 6.86. The molecule has 0 amide bonds. The Labute approximate surface area is 153 Å². The summed E-state index contributed by atoms with van der Waals surface area (Å²) >= 11 is 1.83. The van der Waals surface area contributed by atoms with E-state index in [0.717, 1.165) is 30.8 Å². The van der Waals surface area contributed by atoms with Crippen molar-refractivity contribution in [1.82, 2.24) is 19.8 Å². The number of aromatic nitrogens is 2. The number of likely N-dealkylation sites (tertiary alicyclic amines) is 1. The van der Waals surface area contributed by atoms with Crippen molar-refractivity contribution < 1.29 is 0 Å². The largest absolute Gasteiger partial charge is 0.299 e. The number of pyridine rings is 1. The van der Waals surface area contributed by atoms with Crippen molar-refractivity contribution in [2.24, 2.45) is 0 Å². The average molecular weight is 353 g/mol. The van der Waals surface area contributed by atoms with Gasteiger partial charge in [0.25, 0.3) is 0 Å². The molecule has 25 heavy (non-hydrogen) atoms. The molecule has 0 radical (unpaired) electrons. The molecule has 0 bridgehead atoms. The predicted octanol–water partition coefficient (Wildman–Crippen LogP) is 3.79. The molecule has 1 atom stereocenters. The summed E-state index contributed by atoms with van der Waals surface area (Å²) in [7, 11) is 2.20.